The molecule has 2 aromatic rings. The molecule has 0 aliphatic carbocycles. The first kappa shape index (κ1) is 43.0. The number of nitrogens with one attached hydrogen (secondary N) is 1. The van der Waals surface area contributed by atoms with Crippen molar-refractivity contribution in [3.63, 3.8) is 0 Å². The van der Waals surface area contributed by atoms with Gasteiger partial charge in [0, 0.05) is 5.02 Å². The summed E-state index contributed by atoms with van der Waals surface area (Å²) < 4.78 is 25.8. The minimum Gasteiger partial charge on any atom is -0.382 e. The first-order valence-electron chi connectivity index (χ1n) is 19.8. The molecule has 13 heteroatoms. The van der Waals surface area contributed by atoms with Gasteiger partial charge in [0.05, 0.1) is 43.3 Å². The van der Waals surface area contributed by atoms with Gasteiger partial charge in [0.1, 0.15) is 30.4 Å². The van der Waals surface area contributed by atoms with Crippen LogP contribution in [0, 0.1) is 22.7 Å². The van der Waals surface area contributed by atoms with Gasteiger partial charge in [0.2, 0.25) is 0 Å². The standard InChI is InChI=1S/C40H60ClN6O5P/c1-2-3-4-5-6-7-8-9-10-11-12-13-14-15-16-17-18-35(49-27-33-23-32(26-42)24-34(41)25-33)28-50-53(48)51-30-40(29-43)22-21-38(52-40)36-19-20-37-39(44)45-31-46-47(36)37/h19-20,23-25,35,38,46,48H,2-18,21-22,27-28,30-31H2,1H3,(H2,44,45). The van der Waals surface area contributed by atoms with E-state index in [1.165, 1.54) is 89.9 Å². The van der Waals surface area contributed by atoms with Crippen molar-refractivity contribution in [2.45, 2.75) is 153 Å². The number of hydrogen-bond acceptors (Lipinski definition) is 10. The number of ether oxygens (including phenoxy) is 2. The topological polar surface area (TPSA) is 160 Å². The summed E-state index contributed by atoms with van der Waals surface area (Å²) in [5.74, 6) is 0.447. The fourth-order valence-corrected chi connectivity index (χ4v) is 7.97. The van der Waals surface area contributed by atoms with Crippen LogP contribution in [0.3, 0.4) is 0 Å². The SMILES string of the molecule is CCCCCCCCCCCCCCCCCCC(COP(O)OCC1(C#N)CCC(c2ccc3n2NCN=C3N)O1)OCc1cc(Cl)cc(C#N)c1. The van der Waals surface area contributed by atoms with Gasteiger partial charge in [0.15, 0.2) is 5.60 Å². The lowest BCUT2D eigenvalue weighted by Crippen LogP contribution is -2.34. The maximum absolute atomic E-state index is 10.7. The Morgan fingerprint density at radius 1 is 1.00 bits per heavy atom. The van der Waals surface area contributed by atoms with E-state index < -0.39 is 14.2 Å². The lowest BCUT2D eigenvalue weighted by molar-refractivity contribution is -0.0397. The molecule has 0 spiro atoms. The van der Waals surface area contributed by atoms with Crippen molar-refractivity contribution in [2.24, 2.45) is 10.7 Å². The average Bonchev–Trinajstić information content (AvgIpc) is 3.80. The number of aliphatic imine (C=N–C) groups is 1. The van der Waals surface area contributed by atoms with Crippen molar-refractivity contribution >= 4 is 26.0 Å². The van der Waals surface area contributed by atoms with E-state index in [0.29, 0.717) is 35.9 Å². The Morgan fingerprint density at radius 2 is 1.66 bits per heavy atom. The highest BCUT2D eigenvalue weighted by atomic mass is 35.5. The number of halogens is 1. The van der Waals surface area contributed by atoms with Crippen LogP contribution in [0.5, 0.6) is 0 Å². The van der Waals surface area contributed by atoms with Gasteiger partial charge in [-0.1, -0.05) is 121 Å². The summed E-state index contributed by atoms with van der Waals surface area (Å²) >= 11 is 6.22. The molecule has 1 aromatic heterocycles. The minimum atomic E-state index is -2.28. The third-order valence-electron chi connectivity index (χ3n) is 10.1. The molecule has 0 amide bonds. The quantitative estimate of drug-likeness (QED) is 0.0593. The first-order chi connectivity index (χ1) is 25.9. The summed E-state index contributed by atoms with van der Waals surface area (Å²) in [7, 11) is -2.28. The summed E-state index contributed by atoms with van der Waals surface area (Å²) in [4.78, 5) is 14.9. The zero-order chi connectivity index (χ0) is 37.7. The van der Waals surface area contributed by atoms with Crippen LogP contribution in [0.2, 0.25) is 5.02 Å². The molecule has 4 N–H and O–H groups in total. The van der Waals surface area contributed by atoms with E-state index in [1.807, 2.05) is 16.8 Å². The highest BCUT2D eigenvalue weighted by molar-refractivity contribution is 7.40. The highest BCUT2D eigenvalue weighted by Gasteiger charge is 2.43. The molecule has 2 aliphatic rings. The number of unbranched alkanes of at least 4 members (excludes halogenated alkanes) is 15. The maximum atomic E-state index is 10.7. The Kier molecular flexibility index (Phi) is 19.4. The molecular weight excluding hydrogens is 711 g/mol. The van der Waals surface area contributed by atoms with E-state index in [9.17, 15) is 15.4 Å². The average molecular weight is 771 g/mol. The normalized spacial score (nSPS) is 19.2. The van der Waals surface area contributed by atoms with E-state index in [-0.39, 0.29) is 32.0 Å². The summed E-state index contributed by atoms with van der Waals surface area (Å²) in [6.45, 7) is 2.88. The number of rotatable bonds is 27. The first-order valence-corrected chi connectivity index (χ1v) is 21.3. The number of nitrogens with zero attached hydrogens (tertiary/aromatic N) is 4. The smallest absolute Gasteiger partial charge is 0.330 e. The van der Waals surface area contributed by atoms with Crippen molar-refractivity contribution in [1.29, 1.82) is 10.5 Å². The Bertz CT molecular complexity index is 1490. The van der Waals surface area contributed by atoms with E-state index in [0.717, 1.165) is 36.2 Å². The Labute approximate surface area is 323 Å². The van der Waals surface area contributed by atoms with Crippen LogP contribution < -0.4 is 11.2 Å². The van der Waals surface area contributed by atoms with Crippen LogP contribution in [0.4, 0.5) is 0 Å². The molecule has 0 radical (unpaired) electrons. The summed E-state index contributed by atoms with van der Waals surface area (Å²) in [5.41, 5.74) is 10.9. The summed E-state index contributed by atoms with van der Waals surface area (Å²) in [6, 6.07) is 13.4. The number of fused-ring (bicyclic) bond motifs is 1. The van der Waals surface area contributed by atoms with Crippen LogP contribution in [0.25, 0.3) is 0 Å². The Hall–Kier alpha value is -2.73. The van der Waals surface area contributed by atoms with E-state index in [4.69, 9.17) is 35.9 Å². The van der Waals surface area contributed by atoms with Crippen molar-refractivity contribution < 1.29 is 23.4 Å². The molecule has 1 saturated heterocycles. The van der Waals surface area contributed by atoms with Gasteiger partial charge in [0.25, 0.3) is 0 Å². The third-order valence-corrected chi connectivity index (χ3v) is 11.0. The van der Waals surface area contributed by atoms with Crippen LogP contribution in [-0.4, -0.2) is 47.0 Å². The molecule has 1 aromatic carbocycles. The molecule has 4 unspecified atom stereocenters. The van der Waals surface area contributed by atoms with Crippen molar-refractivity contribution in [3.05, 3.63) is 57.9 Å². The zero-order valence-electron chi connectivity index (χ0n) is 31.6. The Balaban J connectivity index is 1.16. The summed E-state index contributed by atoms with van der Waals surface area (Å²) in [5, 5.41) is 19.9. The molecule has 11 nitrogen and oxygen atoms in total. The number of nitrogens with two attached hydrogens (primary N) is 1. The highest BCUT2D eigenvalue weighted by Crippen LogP contribution is 2.43. The number of benzene rings is 1. The van der Waals surface area contributed by atoms with Crippen molar-refractivity contribution in [2.75, 3.05) is 25.3 Å². The predicted molar refractivity (Wildman–Crippen MR) is 211 cm³/mol. The van der Waals surface area contributed by atoms with Crippen LogP contribution in [0.1, 0.15) is 158 Å². The number of amidine groups is 1. The second-order valence-corrected chi connectivity index (χ2v) is 15.8. The molecule has 4 rings (SSSR count). The molecule has 3 heterocycles. The molecular formula is C40H60ClN6O5P. The van der Waals surface area contributed by atoms with Gasteiger partial charge in [-0.15, -0.1) is 0 Å². The monoisotopic (exact) mass is 770 g/mol. The van der Waals surface area contributed by atoms with Crippen LogP contribution in [-0.2, 0) is 25.1 Å². The van der Waals surface area contributed by atoms with E-state index >= 15 is 0 Å². The second-order valence-electron chi connectivity index (χ2n) is 14.4. The van der Waals surface area contributed by atoms with E-state index in [1.54, 1.807) is 18.2 Å². The number of hydrogen-bond donors (Lipinski definition) is 3. The summed E-state index contributed by atoms with van der Waals surface area (Å²) in [6.07, 6.45) is 22.0. The lowest BCUT2D eigenvalue weighted by Gasteiger charge is -2.25. The molecule has 4 atom stereocenters. The predicted octanol–water partition coefficient (Wildman–Crippen LogP) is 9.84. The maximum Gasteiger partial charge on any atom is 0.330 e. The number of nitriles is 2. The van der Waals surface area contributed by atoms with Crippen LogP contribution >= 0.6 is 20.2 Å². The molecule has 0 bridgehead atoms. The number of aromatic nitrogens is 1. The van der Waals surface area contributed by atoms with Gasteiger partial charge in [-0.05, 0) is 55.2 Å². The Morgan fingerprint density at radius 3 is 2.30 bits per heavy atom. The molecule has 2 aliphatic heterocycles. The molecule has 1 fully saturated rings. The van der Waals surface area contributed by atoms with Gasteiger partial charge < -0.3 is 34.6 Å². The largest absolute Gasteiger partial charge is 0.382 e. The molecule has 292 valence electrons. The van der Waals surface area contributed by atoms with Gasteiger partial charge >= 0.3 is 8.60 Å². The van der Waals surface area contributed by atoms with Gasteiger partial charge in [-0.25, -0.2) is 4.99 Å². The minimum absolute atomic E-state index is 0.126. The zero-order valence-corrected chi connectivity index (χ0v) is 33.2. The fourth-order valence-electron chi connectivity index (χ4n) is 7.03. The van der Waals surface area contributed by atoms with E-state index in [2.05, 4.69) is 29.5 Å². The molecule has 0 saturated carbocycles. The van der Waals surface area contributed by atoms with Crippen molar-refractivity contribution in [1.82, 2.24) is 4.68 Å². The van der Waals surface area contributed by atoms with Crippen molar-refractivity contribution in [3.8, 4) is 12.1 Å². The third kappa shape index (κ3) is 14.8. The molecule has 53 heavy (non-hydrogen) atoms. The lowest BCUT2D eigenvalue weighted by atomic mass is 10.0. The van der Waals surface area contributed by atoms with Gasteiger partial charge in [-0.2, -0.15) is 10.5 Å². The van der Waals surface area contributed by atoms with Gasteiger partial charge in [-0.3, -0.25) is 4.68 Å². The van der Waals surface area contributed by atoms with Crippen LogP contribution in [0.15, 0.2) is 35.3 Å². The second kappa shape index (κ2) is 23.9. The fraction of sp³-hybridized carbons (Fsp3) is 0.675.